The summed E-state index contributed by atoms with van der Waals surface area (Å²) in [5.41, 5.74) is 10.7. The summed E-state index contributed by atoms with van der Waals surface area (Å²) in [7, 11) is 0. The van der Waals surface area contributed by atoms with E-state index >= 15 is 0 Å². The monoisotopic (exact) mass is 423 g/mol. The summed E-state index contributed by atoms with van der Waals surface area (Å²) < 4.78 is 3.84. The van der Waals surface area contributed by atoms with Crippen LogP contribution in [0.4, 0.5) is 0 Å². The van der Waals surface area contributed by atoms with Gasteiger partial charge in [0.1, 0.15) is 0 Å². The van der Waals surface area contributed by atoms with Gasteiger partial charge in [0.15, 0.2) is 0 Å². The number of aryl methyl sites for hydroxylation is 3. The first kappa shape index (κ1) is 20.1. The van der Waals surface area contributed by atoms with E-state index in [-0.39, 0.29) is 5.41 Å². The summed E-state index contributed by atoms with van der Waals surface area (Å²) in [4.78, 5) is 1.33. The Labute approximate surface area is 189 Å². The third-order valence-corrected chi connectivity index (χ3v) is 7.44. The summed E-state index contributed by atoms with van der Waals surface area (Å²) in [6, 6.07) is 24.9. The number of fused-ring (bicyclic) bond motifs is 3. The molecule has 0 aliphatic rings. The van der Waals surface area contributed by atoms with Crippen molar-refractivity contribution in [2.45, 2.75) is 47.0 Å². The Kier molecular flexibility index (Phi) is 4.60. The Bertz CT molecular complexity index is 1400. The molecule has 0 unspecified atom stereocenters. The maximum absolute atomic E-state index is 2.47. The lowest BCUT2D eigenvalue weighted by atomic mass is 9.86. The van der Waals surface area contributed by atoms with E-state index in [2.05, 4.69) is 113 Å². The molecule has 0 bridgehead atoms. The fourth-order valence-electron chi connectivity index (χ4n) is 4.77. The molecule has 3 aromatic carbocycles. The third-order valence-electron chi connectivity index (χ3n) is 6.24. The van der Waals surface area contributed by atoms with Gasteiger partial charge < -0.3 is 4.57 Å². The largest absolute Gasteiger partial charge is 0.308 e. The second kappa shape index (κ2) is 7.10. The van der Waals surface area contributed by atoms with E-state index < -0.39 is 0 Å². The molecule has 2 heterocycles. The maximum atomic E-state index is 2.47. The van der Waals surface area contributed by atoms with E-state index in [0.29, 0.717) is 0 Å². The van der Waals surface area contributed by atoms with Gasteiger partial charge in [0, 0.05) is 10.3 Å². The van der Waals surface area contributed by atoms with Crippen molar-refractivity contribution in [1.29, 1.82) is 0 Å². The van der Waals surface area contributed by atoms with Crippen LogP contribution in [0, 0.1) is 20.8 Å². The first-order chi connectivity index (χ1) is 14.7. The van der Waals surface area contributed by atoms with Crippen LogP contribution in [0.25, 0.3) is 37.2 Å². The topological polar surface area (TPSA) is 4.93 Å². The van der Waals surface area contributed by atoms with Gasteiger partial charge in [-0.3, -0.25) is 0 Å². The van der Waals surface area contributed by atoms with E-state index in [1.807, 2.05) is 11.3 Å². The number of hydrogen-bond donors (Lipinski definition) is 0. The minimum absolute atomic E-state index is 0.173. The molecule has 2 aromatic heterocycles. The number of para-hydroxylation sites is 1. The third kappa shape index (κ3) is 3.30. The van der Waals surface area contributed by atoms with Crippen LogP contribution in [0.2, 0.25) is 0 Å². The number of hydrogen-bond acceptors (Lipinski definition) is 1. The zero-order valence-corrected chi connectivity index (χ0v) is 20.0. The molecule has 0 saturated carbocycles. The first-order valence-electron chi connectivity index (χ1n) is 11.0. The minimum Gasteiger partial charge on any atom is -0.308 e. The fourth-order valence-corrected chi connectivity index (χ4v) is 5.96. The van der Waals surface area contributed by atoms with E-state index in [1.54, 1.807) is 0 Å². The molecule has 0 saturated heterocycles. The number of rotatable bonds is 2. The Morgan fingerprint density at radius 2 is 1.39 bits per heavy atom. The van der Waals surface area contributed by atoms with E-state index in [1.165, 1.54) is 59.5 Å². The maximum Gasteiger partial charge on any atom is 0.0655 e. The average molecular weight is 424 g/mol. The molecule has 0 spiro atoms. The predicted molar refractivity (Wildman–Crippen MR) is 137 cm³/mol. The van der Waals surface area contributed by atoms with Crippen molar-refractivity contribution in [2.24, 2.45) is 0 Å². The van der Waals surface area contributed by atoms with Gasteiger partial charge in [0.2, 0.25) is 0 Å². The highest BCUT2D eigenvalue weighted by molar-refractivity contribution is 7.23. The quantitative estimate of drug-likeness (QED) is 0.267. The molecule has 0 aliphatic heterocycles. The Morgan fingerprint density at radius 3 is 2.03 bits per heavy atom. The molecule has 0 radical (unpaired) electrons. The molecule has 5 aromatic rings. The molecule has 0 fully saturated rings. The van der Waals surface area contributed by atoms with Gasteiger partial charge in [-0.1, -0.05) is 80.9 Å². The number of thiophene rings is 1. The molecule has 5 rings (SSSR count). The molecule has 31 heavy (non-hydrogen) atoms. The summed E-state index contributed by atoms with van der Waals surface area (Å²) in [5, 5.41) is 1.33. The van der Waals surface area contributed by atoms with Gasteiger partial charge in [-0.05, 0) is 60.6 Å². The number of aromatic nitrogens is 1. The van der Waals surface area contributed by atoms with Gasteiger partial charge in [-0.25, -0.2) is 0 Å². The van der Waals surface area contributed by atoms with Crippen LogP contribution in [0.15, 0.2) is 66.7 Å². The van der Waals surface area contributed by atoms with Crippen LogP contribution in [0.5, 0.6) is 0 Å². The molecule has 1 nitrogen and oxygen atoms in total. The Balaban J connectivity index is 1.76. The SMILES string of the molecule is Cc1cc(C)c(-n2c3ccccc3c3sc(-c4ccc(C(C)(C)C)cc4)cc32)c(C)c1. The predicted octanol–water partition coefficient (Wildman–Crippen LogP) is 8.73. The van der Waals surface area contributed by atoms with Crippen molar-refractivity contribution >= 4 is 32.5 Å². The standard InChI is InChI=1S/C29H29NS/c1-18-15-19(2)27(20(3)16-18)30-24-10-8-7-9-23(24)28-25(30)17-26(31-28)21-11-13-22(14-12-21)29(4,5)6/h7-17H,1-6H3. The highest BCUT2D eigenvalue weighted by atomic mass is 32.1. The fraction of sp³-hybridized carbons (Fsp3) is 0.241. The van der Waals surface area contributed by atoms with Crippen molar-refractivity contribution in [3.63, 3.8) is 0 Å². The van der Waals surface area contributed by atoms with Crippen LogP contribution in [-0.2, 0) is 5.41 Å². The van der Waals surface area contributed by atoms with Crippen LogP contribution in [0.1, 0.15) is 43.0 Å². The Hall–Kier alpha value is -2.84. The summed E-state index contributed by atoms with van der Waals surface area (Å²) >= 11 is 1.90. The Morgan fingerprint density at radius 1 is 0.742 bits per heavy atom. The first-order valence-corrected chi connectivity index (χ1v) is 11.8. The lowest BCUT2D eigenvalue weighted by Crippen LogP contribution is -2.10. The summed E-state index contributed by atoms with van der Waals surface area (Å²) in [6.07, 6.45) is 0. The van der Waals surface area contributed by atoms with E-state index in [9.17, 15) is 0 Å². The van der Waals surface area contributed by atoms with Crippen LogP contribution in [-0.4, -0.2) is 4.57 Å². The molecule has 156 valence electrons. The molecule has 2 heteroatoms. The average Bonchev–Trinajstić information content (AvgIpc) is 3.26. The summed E-state index contributed by atoms with van der Waals surface area (Å²) in [5.74, 6) is 0. The highest BCUT2D eigenvalue weighted by Gasteiger charge is 2.19. The molecule has 0 N–H and O–H groups in total. The van der Waals surface area contributed by atoms with E-state index in [0.717, 1.165) is 0 Å². The van der Waals surface area contributed by atoms with Gasteiger partial charge in [0.25, 0.3) is 0 Å². The van der Waals surface area contributed by atoms with Crippen molar-refractivity contribution < 1.29 is 0 Å². The van der Waals surface area contributed by atoms with Gasteiger partial charge in [-0.15, -0.1) is 11.3 Å². The minimum atomic E-state index is 0.173. The lowest BCUT2D eigenvalue weighted by molar-refractivity contribution is 0.590. The molecular formula is C29H29NS. The second-order valence-corrected chi connectivity index (χ2v) is 10.8. The van der Waals surface area contributed by atoms with Crippen molar-refractivity contribution in [3.8, 4) is 16.1 Å². The van der Waals surface area contributed by atoms with Gasteiger partial charge in [-0.2, -0.15) is 0 Å². The molecule has 0 atom stereocenters. The van der Waals surface area contributed by atoms with Crippen LogP contribution in [0.3, 0.4) is 0 Å². The normalized spacial score (nSPS) is 12.2. The van der Waals surface area contributed by atoms with Gasteiger partial charge in [0.05, 0.1) is 21.4 Å². The zero-order valence-electron chi connectivity index (χ0n) is 19.2. The molecule has 0 aliphatic carbocycles. The summed E-state index contributed by atoms with van der Waals surface area (Å²) in [6.45, 7) is 13.4. The molecule has 0 amide bonds. The van der Waals surface area contributed by atoms with E-state index in [4.69, 9.17) is 0 Å². The lowest BCUT2D eigenvalue weighted by Gasteiger charge is -2.19. The number of benzene rings is 3. The number of nitrogens with zero attached hydrogens (tertiary/aromatic N) is 1. The zero-order chi connectivity index (χ0) is 21.9. The van der Waals surface area contributed by atoms with Crippen molar-refractivity contribution in [3.05, 3.63) is 89.0 Å². The van der Waals surface area contributed by atoms with Crippen LogP contribution >= 0.6 is 11.3 Å². The highest BCUT2D eigenvalue weighted by Crippen LogP contribution is 2.42. The smallest absolute Gasteiger partial charge is 0.0655 e. The molecular weight excluding hydrogens is 394 g/mol. The second-order valence-electron chi connectivity index (χ2n) is 9.75. The van der Waals surface area contributed by atoms with Crippen molar-refractivity contribution in [2.75, 3.05) is 0 Å². The van der Waals surface area contributed by atoms with Gasteiger partial charge >= 0.3 is 0 Å². The van der Waals surface area contributed by atoms with Crippen molar-refractivity contribution in [1.82, 2.24) is 4.57 Å². The van der Waals surface area contributed by atoms with Crippen LogP contribution < -0.4 is 0 Å².